The number of ketones is 1. The Morgan fingerprint density at radius 3 is 2.66 bits per heavy atom. The number of aliphatic hydroxyl groups is 1. The van der Waals surface area contributed by atoms with Crippen molar-refractivity contribution in [3.63, 3.8) is 0 Å². The minimum Gasteiger partial charge on any atom is -0.503 e. The highest BCUT2D eigenvalue weighted by Crippen LogP contribution is 2.39. The van der Waals surface area contributed by atoms with E-state index in [0.29, 0.717) is 11.4 Å². The average molecular weight is 390 g/mol. The number of para-hydroxylation sites is 1. The Bertz CT molecular complexity index is 1070. The van der Waals surface area contributed by atoms with Crippen molar-refractivity contribution in [2.45, 2.75) is 12.6 Å². The molecular formula is C22H18N2O5. The summed E-state index contributed by atoms with van der Waals surface area (Å²) in [6.45, 7) is 0.128. The fourth-order valence-corrected chi connectivity index (χ4v) is 3.45. The maximum atomic E-state index is 13.0. The van der Waals surface area contributed by atoms with Crippen LogP contribution in [0.25, 0.3) is 0 Å². The SMILES string of the molecule is COc1ccccc1CN1C(=O)C(O)=C(C(=O)c2ccco2)C1c1ccccn1. The first-order valence-corrected chi connectivity index (χ1v) is 8.97. The summed E-state index contributed by atoms with van der Waals surface area (Å²) in [5, 5.41) is 10.6. The molecule has 0 bridgehead atoms. The zero-order valence-corrected chi connectivity index (χ0v) is 15.6. The molecule has 0 fully saturated rings. The predicted octanol–water partition coefficient (Wildman–Crippen LogP) is 3.46. The van der Waals surface area contributed by atoms with Crippen molar-refractivity contribution < 1.29 is 23.8 Å². The molecule has 2 aromatic heterocycles. The largest absolute Gasteiger partial charge is 0.503 e. The summed E-state index contributed by atoms with van der Waals surface area (Å²) in [6, 6.07) is 14.7. The summed E-state index contributed by atoms with van der Waals surface area (Å²) in [4.78, 5) is 31.7. The van der Waals surface area contributed by atoms with Crippen molar-refractivity contribution >= 4 is 11.7 Å². The molecule has 0 radical (unpaired) electrons. The van der Waals surface area contributed by atoms with Crippen LogP contribution in [-0.2, 0) is 11.3 Å². The van der Waals surface area contributed by atoms with Crippen molar-refractivity contribution in [3.05, 3.63) is 95.4 Å². The number of amides is 1. The number of ether oxygens (including phenoxy) is 1. The van der Waals surface area contributed by atoms with Gasteiger partial charge in [0.25, 0.3) is 5.91 Å². The number of hydrogen-bond acceptors (Lipinski definition) is 6. The van der Waals surface area contributed by atoms with Crippen LogP contribution in [-0.4, -0.2) is 33.8 Å². The Morgan fingerprint density at radius 2 is 1.97 bits per heavy atom. The molecule has 3 aromatic rings. The lowest BCUT2D eigenvalue weighted by Gasteiger charge is -2.26. The Kier molecular flexibility index (Phi) is 4.87. The van der Waals surface area contributed by atoms with Gasteiger partial charge in [-0.05, 0) is 30.3 Å². The van der Waals surface area contributed by atoms with Crippen LogP contribution in [0, 0.1) is 0 Å². The number of carbonyl (C=O) groups is 2. The van der Waals surface area contributed by atoms with Crippen LogP contribution in [0.1, 0.15) is 27.9 Å². The zero-order chi connectivity index (χ0) is 20.4. The van der Waals surface area contributed by atoms with Crippen molar-refractivity contribution in [2.24, 2.45) is 0 Å². The Labute approximate surface area is 166 Å². The molecule has 29 heavy (non-hydrogen) atoms. The number of benzene rings is 1. The van der Waals surface area contributed by atoms with E-state index in [4.69, 9.17) is 9.15 Å². The van der Waals surface area contributed by atoms with Gasteiger partial charge in [0.05, 0.1) is 31.2 Å². The monoisotopic (exact) mass is 390 g/mol. The molecule has 1 aliphatic rings. The normalized spacial score (nSPS) is 16.4. The summed E-state index contributed by atoms with van der Waals surface area (Å²) >= 11 is 0. The number of hydrogen-bond donors (Lipinski definition) is 1. The van der Waals surface area contributed by atoms with Crippen LogP contribution >= 0.6 is 0 Å². The molecule has 0 aliphatic carbocycles. The molecule has 0 spiro atoms. The number of aliphatic hydroxyl groups excluding tert-OH is 1. The van der Waals surface area contributed by atoms with Gasteiger partial charge in [0, 0.05) is 11.8 Å². The molecule has 146 valence electrons. The number of methoxy groups -OCH3 is 1. The maximum Gasteiger partial charge on any atom is 0.290 e. The van der Waals surface area contributed by atoms with Gasteiger partial charge in [-0.15, -0.1) is 0 Å². The van der Waals surface area contributed by atoms with E-state index in [1.165, 1.54) is 17.2 Å². The Morgan fingerprint density at radius 1 is 1.17 bits per heavy atom. The van der Waals surface area contributed by atoms with E-state index >= 15 is 0 Å². The lowest BCUT2D eigenvalue weighted by molar-refractivity contribution is -0.130. The Hall–Kier alpha value is -3.87. The number of furan rings is 1. The topological polar surface area (TPSA) is 92.9 Å². The van der Waals surface area contributed by atoms with Crippen molar-refractivity contribution in [2.75, 3.05) is 7.11 Å². The molecule has 1 unspecified atom stereocenters. The highest BCUT2D eigenvalue weighted by Gasteiger charge is 2.45. The van der Waals surface area contributed by atoms with Gasteiger partial charge in [-0.25, -0.2) is 0 Å². The minimum atomic E-state index is -0.855. The van der Waals surface area contributed by atoms with Crippen LogP contribution in [0.15, 0.2) is 82.8 Å². The number of aromatic nitrogens is 1. The molecule has 1 aromatic carbocycles. The van der Waals surface area contributed by atoms with E-state index in [9.17, 15) is 14.7 Å². The second kappa shape index (κ2) is 7.63. The minimum absolute atomic E-state index is 0.0411. The van der Waals surface area contributed by atoms with E-state index in [2.05, 4.69) is 4.98 Å². The first-order valence-electron chi connectivity index (χ1n) is 8.97. The number of nitrogens with zero attached hydrogens (tertiary/aromatic N) is 2. The summed E-state index contributed by atoms with van der Waals surface area (Å²) in [7, 11) is 1.54. The van der Waals surface area contributed by atoms with Crippen LogP contribution in [0.3, 0.4) is 0 Å². The van der Waals surface area contributed by atoms with Gasteiger partial charge >= 0.3 is 0 Å². The number of Topliss-reactive ketones (excluding diaryl/α,β-unsaturated/α-hetero) is 1. The van der Waals surface area contributed by atoms with Gasteiger partial charge in [0.2, 0.25) is 5.78 Å². The fourth-order valence-electron chi connectivity index (χ4n) is 3.45. The molecule has 0 saturated carbocycles. The summed E-state index contributed by atoms with van der Waals surface area (Å²) < 4.78 is 10.6. The Balaban J connectivity index is 1.79. The van der Waals surface area contributed by atoms with Crippen LogP contribution in [0.2, 0.25) is 0 Å². The van der Waals surface area contributed by atoms with Gasteiger partial charge in [-0.3, -0.25) is 14.6 Å². The van der Waals surface area contributed by atoms with Gasteiger partial charge < -0.3 is 19.2 Å². The molecule has 1 amide bonds. The molecule has 7 heteroatoms. The molecule has 3 heterocycles. The van der Waals surface area contributed by atoms with E-state index in [1.807, 2.05) is 18.2 Å². The highest BCUT2D eigenvalue weighted by molar-refractivity contribution is 6.14. The lowest BCUT2D eigenvalue weighted by atomic mass is 9.98. The standard InChI is InChI=1S/C22H18N2O5/c1-28-16-9-3-2-7-14(16)13-24-19(15-8-4-5-11-23-15)18(21(26)22(24)27)20(25)17-10-6-12-29-17/h2-12,19,26H,13H2,1H3. The van der Waals surface area contributed by atoms with Crippen molar-refractivity contribution in [3.8, 4) is 5.75 Å². The third-order valence-electron chi connectivity index (χ3n) is 4.79. The molecule has 1 N–H and O–H groups in total. The summed E-state index contributed by atoms with van der Waals surface area (Å²) in [5.41, 5.74) is 1.15. The molecular weight excluding hydrogens is 372 g/mol. The van der Waals surface area contributed by atoms with E-state index in [1.54, 1.807) is 43.6 Å². The molecule has 0 saturated heterocycles. The van der Waals surface area contributed by atoms with Gasteiger partial charge in [0.1, 0.15) is 11.8 Å². The molecule has 1 atom stereocenters. The van der Waals surface area contributed by atoms with Crippen molar-refractivity contribution in [1.82, 2.24) is 9.88 Å². The van der Waals surface area contributed by atoms with Crippen LogP contribution in [0.4, 0.5) is 0 Å². The second-order valence-electron chi connectivity index (χ2n) is 6.47. The van der Waals surface area contributed by atoms with Crippen molar-refractivity contribution in [1.29, 1.82) is 0 Å². The average Bonchev–Trinajstić information content (AvgIpc) is 3.38. The van der Waals surface area contributed by atoms with Gasteiger partial charge in [-0.1, -0.05) is 24.3 Å². The fraction of sp³-hybridized carbons (Fsp3) is 0.136. The first-order chi connectivity index (χ1) is 14.1. The summed E-state index contributed by atoms with van der Waals surface area (Å²) in [6.07, 6.45) is 2.94. The quantitative estimate of drug-likeness (QED) is 0.648. The lowest BCUT2D eigenvalue weighted by Crippen LogP contribution is -2.31. The molecule has 7 nitrogen and oxygen atoms in total. The molecule has 4 rings (SSSR count). The van der Waals surface area contributed by atoms with Crippen LogP contribution in [0.5, 0.6) is 5.75 Å². The molecule has 1 aliphatic heterocycles. The van der Waals surface area contributed by atoms with E-state index in [0.717, 1.165) is 5.56 Å². The zero-order valence-electron chi connectivity index (χ0n) is 15.6. The smallest absolute Gasteiger partial charge is 0.290 e. The summed E-state index contributed by atoms with van der Waals surface area (Å²) in [5.74, 6) is -1.16. The number of pyridine rings is 1. The highest BCUT2D eigenvalue weighted by atomic mass is 16.5. The van der Waals surface area contributed by atoms with Crippen LogP contribution < -0.4 is 4.74 Å². The van der Waals surface area contributed by atoms with E-state index < -0.39 is 23.5 Å². The number of rotatable bonds is 6. The van der Waals surface area contributed by atoms with E-state index in [-0.39, 0.29) is 17.9 Å². The second-order valence-corrected chi connectivity index (χ2v) is 6.47. The third-order valence-corrected chi connectivity index (χ3v) is 4.79. The first kappa shape index (κ1) is 18.5. The van der Waals surface area contributed by atoms with Gasteiger partial charge in [-0.2, -0.15) is 0 Å². The third kappa shape index (κ3) is 3.27. The van der Waals surface area contributed by atoms with Gasteiger partial charge in [0.15, 0.2) is 11.5 Å². The number of carbonyl (C=O) groups excluding carboxylic acids is 2. The maximum absolute atomic E-state index is 13.0. The predicted molar refractivity (Wildman–Crippen MR) is 103 cm³/mol.